The van der Waals surface area contributed by atoms with Gasteiger partial charge in [0.05, 0.1) is 22.9 Å². The standard InChI is InChI=1S/C18H16FN3O4S/c1-2-26-18(23)13(11-20)12-21-16-8-3-4-9-17(16)22-27(24,25)15-7-5-6-14(19)10-15/h3-10,12,21-22H,2H2,1H3/b13-12+. The maximum absolute atomic E-state index is 13.3. The van der Waals surface area contributed by atoms with Crippen molar-refractivity contribution in [3.8, 4) is 6.07 Å². The lowest BCUT2D eigenvalue weighted by molar-refractivity contribution is -0.138. The Labute approximate surface area is 156 Å². The van der Waals surface area contributed by atoms with Crippen LogP contribution in [-0.4, -0.2) is 21.0 Å². The predicted octanol–water partition coefficient (Wildman–Crippen LogP) is 3.01. The van der Waals surface area contributed by atoms with Crippen molar-refractivity contribution in [2.45, 2.75) is 11.8 Å². The number of ether oxygens (including phenoxy) is 1. The number of benzene rings is 2. The number of halogens is 1. The molecule has 0 aliphatic carbocycles. The van der Waals surface area contributed by atoms with Gasteiger partial charge in [0.25, 0.3) is 10.0 Å². The molecule has 2 aromatic carbocycles. The van der Waals surface area contributed by atoms with Crippen LogP contribution in [-0.2, 0) is 19.6 Å². The third-order valence-electron chi connectivity index (χ3n) is 3.27. The molecule has 140 valence electrons. The molecule has 0 atom stereocenters. The van der Waals surface area contributed by atoms with Crippen LogP contribution in [0, 0.1) is 17.1 Å². The lowest BCUT2D eigenvalue weighted by atomic mass is 10.2. The highest BCUT2D eigenvalue weighted by Gasteiger charge is 2.17. The zero-order chi connectivity index (χ0) is 19.9. The molecule has 0 radical (unpaired) electrons. The molecule has 27 heavy (non-hydrogen) atoms. The first-order valence-corrected chi connectivity index (χ1v) is 9.27. The van der Waals surface area contributed by atoms with Gasteiger partial charge in [-0.3, -0.25) is 4.72 Å². The van der Waals surface area contributed by atoms with Crippen LogP contribution in [0.3, 0.4) is 0 Å². The van der Waals surface area contributed by atoms with Crippen LogP contribution in [0.2, 0.25) is 0 Å². The van der Waals surface area contributed by atoms with Gasteiger partial charge in [-0.25, -0.2) is 17.6 Å². The molecule has 0 aliphatic rings. The average molecular weight is 389 g/mol. The van der Waals surface area contributed by atoms with Crippen LogP contribution < -0.4 is 10.0 Å². The number of nitrogens with zero attached hydrogens (tertiary/aromatic N) is 1. The van der Waals surface area contributed by atoms with Gasteiger partial charge < -0.3 is 10.1 Å². The highest BCUT2D eigenvalue weighted by Crippen LogP contribution is 2.25. The maximum Gasteiger partial charge on any atom is 0.350 e. The van der Waals surface area contributed by atoms with Crippen molar-refractivity contribution in [3.05, 3.63) is 66.1 Å². The largest absolute Gasteiger partial charge is 0.462 e. The Morgan fingerprint density at radius 3 is 2.56 bits per heavy atom. The topological polar surface area (TPSA) is 108 Å². The summed E-state index contributed by atoms with van der Waals surface area (Å²) in [5.74, 6) is -1.48. The van der Waals surface area contributed by atoms with Gasteiger partial charge in [0, 0.05) is 6.20 Å². The number of hydrogen-bond donors (Lipinski definition) is 2. The molecule has 0 saturated heterocycles. The minimum absolute atomic E-state index is 0.113. The Balaban J connectivity index is 2.28. The second-order valence-corrected chi connectivity index (χ2v) is 6.83. The van der Waals surface area contributed by atoms with Crippen LogP contribution in [0.15, 0.2) is 65.2 Å². The summed E-state index contributed by atoms with van der Waals surface area (Å²) in [6, 6.07) is 12.5. The number of sulfonamides is 1. The van der Waals surface area contributed by atoms with Crippen molar-refractivity contribution in [3.63, 3.8) is 0 Å². The first-order valence-electron chi connectivity index (χ1n) is 7.78. The Bertz CT molecular complexity index is 1010. The molecule has 2 rings (SSSR count). The van der Waals surface area contributed by atoms with Gasteiger partial charge >= 0.3 is 5.97 Å². The molecule has 0 heterocycles. The highest BCUT2D eigenvalue weighted by atomic mass is 32.2. The average Bonchev–Trinajstić information content (AvgIpc) is 2.63. The SMILES string of the molecule is CCOC(=O)/C(C#N)=C/Nc1ccccc1NS(=O)(=O)c1cccc(F)c1. The van der Waals surface area contributed by atoms with Crippen LogP contribution in [0.1, 0.15) is 6.92 Å². The van der Waals surface area contributed by atoms with Crippen molar-refractivity contribution in [1.82, 2.24) is 0 Å². The van der Waals surface area contributed by atoms with Crippen LogP contribution in [0.5, 0.6) is 0 Å². The second-order valence-electron chi connectivity index (χ2n) is 5.14. The van der Waals surface area contributed by atoms with E-state index in [9.17, 15) is 17.6 Å². The van der Waals surface area contributed by atoms with Gasteiger partial charge in [-0.15, -0.1) is 0 Å². The molecule has 0 spiro atoms. The summed E-state index contributed by atoms with van der Waals surface area (Å²) in [5.41, 5.74) is 0.160. The van der Waals surface area contributed by atoms with E-state index in [0.717, 1.165) is 18.3 Å². The quantitative estimate of drug-likeness (QED) is 0.428. The monoisotopic (exact) mass is 389 g/mol. The van der Waals surface area contributed by atoms with Gasteiger partial charge in [0.15, 0.2) is 5.57 Å². The summed E-state index contributed by atoms with van der Waals surface area (Å²) in [6.45, 7) is 1.72. The molecular weight excluding hydrogens is 373 g/mol. The number of nitrogens with one attached hydrogen (secondary N) is 2. The molecule has 0 saturated carbocycles. The van der Waals surface area contributed by atoms with Crippen molar-refractivity contribution in [1.29, 1.82) is 5.26 Å². The number of para-hydroxylation sites is 2. The second kappa shape index (κ2) is 8.82. The van der Waals surface area contributed by atoms with E-state index in [4.69, 9.17) is 10.00 Å². The third-order valence-corrected chi connectivity index (χ3v) is 4.63. The lowest BCUT2D eigenvalue weighted by Crippen LogP contribution is -2.14. The maximum atomic E-state index is 13.3. The van der Waals surface area contributed by atoms with Gasteiger partial charge in [0.2, 0.25) is 0 Å². The number of rotatable bonds is 7. The van der Waals surface area contributed by atoms with Gasteiger partial charge in [0.1, 0.15) is 11.9 Å². The number of carbonyl (C=O) groups is 1. The van der Waals surface area contributed by atoms with Crippen molar-refractivity contribution in [2.24, 2.45) is 0 Å². The fourth-order valence-electron chi connectivity index (χ4n) is 2.03. The van der Waals surface area contributed by atoms with Gasteiger partial charge in [-0.1, -0.05) is 18.2 Å². The fourth-order valence-corrected chi connectivity index (χ4v) is 3.14. The molecule has 2 N–H and O–H groups in total. The molecule has 9 heteroatoms. The van der Waals surface area contributed by atoms with E-state index in [1.54, 1.807) is 31.2 Å². The molecule has 0 aliphatic heterocycles. The van der Waals surface area contributed by atoms with Gasteiger partial charge in [-0.05, 0) is 37.3 Å². The number of anilines is 2. The summed E-state index contributed by atoms with van der Waals surface area (Å²) in [6.07, 6.45) is 1.12. The number of carbonyl (C=O) groups excluding carboxylic acids is 1. The normalized spacial score (nSPS) is 11.4. The zero-order valence-corrected chi connectivity index (χ0v) is 15.1. The number of esters is 1. The first-order chi connectivity index (χ1) is 12.9. The minimum Gasteiger partial charge on any atom is -0.462 e. The van der Waals surface area contributed by atoms with Crippen LogP contribution >= 0.6 is 0 Å². The van der Waals surface area contributed by atoms with Crippen molar-refractivity contribution >= 4 is 27.4 Å². The summed E-state index contributed by atoms with van der Waals surface area (Å²) in [4.78, 5) is 11.4. The molecule has 2 aromatic rings. The Morgan fingerprint density at radius 2 is 1.93 bits per heavy atom. The van der Waals surface area contributed by atoms with Gasteiger partial charge in [-0.2, -0.15) is 5.26 Å². The smallest absolute Gasteiger partial charge is 0.350 e. The molecule has 0 fully saturated rings. The highest BCUT2D eigenvalue weighted by molar-refractivity contribution is 7.92. The van der Waals surface area contributed by atoms with E-state index in [-0.39, 0.29) is 28.5 Å². The third kappa shape index (κ3) is 5.29. The van der Waals surface area contributed by atoms with Crippen LogP contribution in [0.4, 0.5) is 15.8 Å². The summed E-state index contributed by atoms with van der Waals surface area (Å²) in [7, 11) is -4.03. The molecule has 0 bridgehead atoms. The first kappa shape index (κ1) is 19.9. The molecular formula is C18H16FN3O4S. The number of nitriles is 1. The Morgan fingerprint density at radius 1 is 1.22 bits per heavy atom. The van der Waals surface area contributed by atoms with Crippen LogP contribution in [0.25, 0.3) is 0 Å². The molecule has 0 amide bonds. The fraction of sp³-hybridized carbons (Fsp3) is 0.111. The Kier molecular flexibility index (Phi) is 6.51. The molecule has 7 nitrogen and oxygen atoms in total. The lowest BCUT2D eigenvalue weighted by Gasteiger charge is -2.12. The van der Waals surface area contributed by atoms with Crippen molar-refractivity contribution < 1.29 is 22.3 Å². The number of hydrogen-bond acceptors (Lipinski definition) is 6. The predicted molar refractivity (Wildman–Crippen MR) is 97.6 cm³/mol. The van der Waals surface area contributed by atoms with E-state index in [2.05, 4.69) is 10.0 Å². The van der Waals surface area contributed by atoms with E-state index in [0.29, 0.717) is 0 Å². The summed E-state index contributed by atoms with van der Waals surface area (Å²) < 4.78 is 45.3. The van der Waals surface area contributed by atoms with E-state index < -0.39 is 21.8 Å². The van der Waals surface area contributed by atoms with E-state index in [1.807, 2.05) is 0 Å². The zero-order valence-electron chi connectivity index (χ0n) is 14.3. The van der Waals surface area contributed by atoms with Crippen molar-refractivity contribution in [2.75, 3.05) is 16.6 Å². The Hall–Kier alpha value is -3.38. The molecule has 0 aromatic heterocycles. The van der Waals surface area contributed by atoms with E-state index in [1.165, 1.54) is 18.2 Å². The molecule has 0 unspecified atom stereocenters. The summed E-state index contributed by atoms with van der Waals surface area (Å²) >= 11 is 0. The minimum atomic E-state index is -4.03. The summed E-state index contributed by atoms with van der Waals surface area (Å²) in [5, 5.41) is 11.7. The van der Waals surface area contributed by atoms with E-state index >= 15 is 0 Å².